The molecule has 2 aliphatic heterocycles. The number of hydrogen-bond acceptors (Lipinski definition) is 3. The van der Waals surface area contributed by atoms with E-state index in [4.69, 9.17) is 9.47 Å². The van der Waals surface area contributed by atoms with Crippen molar-refractivity contribution in [3.05, 3.63) is 11.6 Å². The van der Waals surface area contributed by atoms with Gasteiger partial charge in [0.2, 0.25) is 0 Å². The summed E-state index contributed by atoms with van der Waals surface area (Å²) in [7, 11) is 0. The molecule has 0 saturated carbocycles. The lowest BCUT2D eigenvalue weighted by molar-refractivity contribution is -0.0130. The number of likely N-dealkylation sites (tertiary alicyclic amines) is 1. The minimum atomic E-state index is 0.484. The van der Waals surface area contributed by atoms with Crippen molar-refractivity contribution in [2.45, 2.75) is 52.1 Å². The highest BCUT2D eigenvalue weighted by Crippen LogP contribution is 2.31. The Hall–Kier alpha value is -0.380. The van der Waals surface area contributed by atoms with Gasteiger partial charge in [-0.05, 0) is 50.9 Å². The van der Waals surface area contributed by atoms with E-state index < -0.39 is 0 Å². The van der Waals surface area contributed by atoms with Crippen LogP contribution in [0.2, 0.25) is 0 Å². The minimum absolute atomic E-state index is 0.484. The molecule has 126 valence electrons. The lowest BCUT2D eigenvalue weighted by Crippen LogP contribution is -2.41. The molecule has 2 saturated heterocycles. The summed E-state index contributed by atoms with van der Waals surface area (Å²) >= 11 is 0. The van der Waals surface area contributed by atoms with Gasteiger partial charge in [0.05, 0.1) is 19.3 Å². The van der Waals surface area contributed by atoms with E-state index in [1.54, 1.807) is 5.57 Å². The minimum Gasteiger partial charge on any atom is -0.381 e. The highest BCUT2D eigenvalue weighted by Gasteiger charge is 2.27. The third-order valence-electron chi connectivity index (χ3n) is 5.94. The molecule has 0 unspecified atom stereocenters. The SMILES string of the molecule is CC1=CCC[C@H](C)[C@H]1CN1CCC(OC[C@H]2CCOC2)CC1. The molecular weight excluding hydrogens is 274 g/mol. The van der Waals surface area contributed by atoms with Crippen molar-refractivity contribution in [2.75, 3.05) is 39.5 Å². The second kappa shape index (κ2) is 7.94. The molecular formula is C19H33NO2. The molecule has 0 spiro atoms. The van der Waals surface area contributed by atoms with Crippen molar-refractivity contribution in [2.24, 2.45) is 17.8 Å². The monoisotopic (exact) mass is 307 g/mol. The van der Waals surface area contributed by atoms with Crippen LogP contribution in [0.3, 0.4) is 0 Å². The number of rotatable bonds is 5. The quantitative estimate of drug-likeness (QED) is 0.726. The fraction of sp³-hybridized carbons (Fsp3) is 0.895. The Morgan fingerprint density at radius 3 is 2.73 bits per heavy atom. The first-order chi connectivity index (χ1) is 10.7. The largest absolute Gasteiger partial charge is 0.381 e. The lowest BCUT2D eigenvalue weighted by Gasteiger charge is -2.37. The van der Waals surface area contributed by atoms with Crippen LogP contribution < -0.4 is 0 Å². The van der Waals surface area contributed by atoms with Crippen LogP contribution in [0, 0.1) is 17.8 Å². The summed E-state index contributed by atoms with van der Waals surface area (Å²) in [6.07, 6.45) is 9.19. The lowest BCUT2D eigenvalue weighted by atomic mass is 9.79. The summed E-state index contributed by atoms with van der Waals surface area (Å²) in [6.45, 7) is 11.2. The average molecular weight is 307 g/mol. The Morgan fingerprint density at radius 2 is 2.05 bits per heavy atom. The Balaban J connectivity index is 1.38. The number of hydrogen-bond donors (Lipinski definition) is 0. The summed E-state index contributed by atoms with van der Waals surface area (Å²) in [5, 5.41) is 0. The molecule has 0 amide bonds. The molecule has 0 aromatic rings. The van der Waals surface area contributed by atoms with Crippen molar-refractivity contribution in [1.82, 2.24) is 4.90 Å². The topological polar surface area (TPSA) is 21.7 Å². The predicted molar refractivity (Wildman–Crippen MR) is 90.0 cm³/mol. The number of allylic oxidation sites excluding steroid dienone is 1. The number of ether oxygens (including phenoxy) is 2. The molecule has 3 aliphatic rings. The van der Waals surface area contributed by atoms with Gasteiger partial charge in [0.25, 0.3) is 0 Å². The standard InChI is InChI=1S/C19H33NO2/c1-15-4-3-5-16(2)19(15)12-20-9-6-18(7-10-20)22-14-17-8-11-21-13-17/h4,16-19H,3,5-14H2,1-2H3/t16-,17-,19-/m0/s1. The summed E-state index contributed by atoms with van der Waals surface area (Å²) in [5.41, 5.74) is 1.62. The van der Waals surface area contributed by atoms with Gasteiger partial charge in [-0.3, -0.25) is 0 Å². The molecule has 3 heteroatoms. The maximum absolute atomic E-state index is 6.13. The third-order valence-corrected chi connectivity index (χ3v) is 5.94. The molecule has 1 aliphatic carbocycles. The van der Waals surface area contributed by atoms with Crippen molar-refractivity contribution in [3.8, 4) is 0 Å². The van der Waals surface area contributed by atoms with Gasteiger partial charge in [-0.2, -0.15) is 0 Å². The molecule has 0 N–H and O–H groups in total. The van der Waals surface area contributed by atoms with Crippen LogP contribution in [0.1, 0.15) is 46.0 Å². The zero-order valence-corrected chi connectivity index (χ0v) is 14.4. The molecule has 3 atom stereocenters. The predicted octanol–water partition coefficient (Wildman–Crippen LogP) is 3.50. The summed E-state index contributed by atoms with van der Waals surface area (Å²) in [6, 6.07) is 0. The van der Waals surface area contributed by atoms with E-state index in [1.807, 2.05) is 0 Å². The highest BCUT2D eigenvalue weighted by molar-refractivity contribution is 5.09. The van der Waals surface area contributed by atoms with E-state index >= 15 is 0 Å². The smallest absolute Gasteiger partial charge is 0.0599 e. The van der Waals surface area contributed by atoms with Crippen molar-refractivity contribution >= 4 is 0 Å². The van der Waals surface area contributed by atoms with Gasteiger partial charge in [0.15, 0.2) is 0 Å². The van der Waals surface area contributed by atoms with Crippen LogP contribution in [0.5, 0.6) is 0 Å². The highest BCUT2D eigenvalue weighted by atomic mass is 16.5. The number of nitrogens with zero attached hydrogens (tertiary/aromatic N) is 1. The molecule has 3 nitrogen and oxygen atoms in total. The maximum atomic E-state index is 6.13. The first kappa shape index (κ1) is 16.5. The van der Waals surface area contributed by atoms with Gasteiger partial charge < -0.3 is 14.4 Å². The van der Waals surface area contributed by atoms with E-state index in [1.165, 1.54) is 51.7 Å². The molecule has 0 radical (unpaired) electrons. The maximum Gasteiger partial charge on any atom is 0.0599 e. The van der Waals surface area contributed by atoms with Gasteiger partial charge in [-0.1, -0.05) is 18.6 Å². The zero-order valence-electron chi connectivity index (χ0n) is 14.4. The molecule has 2 heterocycles. The van der Waals surface area contributed by atoms with Crippen LogP contribution in [0.4, 0.5) is 0 Å². The Kier molecular flexibility index (Phi) is 5.95. The molecule has 0 aromatic carbocycles. The second-order valence-electron chi connectivity index (χ2n) is 7.67. The van der Waals surface area contributed by atoms with E-state index in [9.17, 15) is 0 Å². The Bertz CT molecular complexity index is 368. The van der Waals surface area contributed by atoms with E-state index in [2.05, 4.69) is 24.8 Å². The fourth-order valence-electron chi connectivity index (χ4n) is 4.22. The Morgan fingerprint density at radius 1 is 1.23 bits per heavy atom. The first-order valence-electron chi connectivity index (χ1n) is 9.30. The van der Waals surface area contributed by atoms with Gasteiger partial charge in [0.1, 0.15) is 0 Å². The average Bonchev–Trinajstić information content (AvgIpc) is 3.04. The van der Waals surface area contributed by atoms with E-state index in [0.29, 0.717) is 12.0 Å². The summed E-state index contributed by atoms with van der Waals surface area (Å²) in [5.74, 6) is 2.28. The molecule has 0 bridgehead atoms. The number of piperidine rings is 1. The first-order valence-corrected chi connectivity index (χ1v) is 9.30. The van der Waals surface area contributed by atoms with Crippen molar-refractivity contribution < 1.29 is 9.47 Å². The van der Waals surface area contributed by atoms with Gasteiger partial charge >= 0.3 is 0 Å². The van der Waals surface area contributed by atoms with Crippen LogP contribution in [0.15, 0.2) is 11.6 Å². The molecule has 3 rings (SSSR count). The summed E-state index contributed by atoms with van der Waals surface area (Å²) < 4.78 is 11.6. The van der Waals surface area contributed by atoms with E-state index in [-0.39, 0.29) is 0 Å². The van der Waals surface area contributed by atoms with Crippen LogP contribution in [0.25, 0.3) is 0 Å². The molecule has 2 fully saturated rings. The van der Waals surface area contributed by atoms with Crippen molar-refractivity contribution in [3.63, 3.8) is 0 Å². The zero-order chi connectivity index (χ0) is 15.4. The second-order valence-corrected chi connectivity index (χ2v) is 7.67. The third kappa shape index (κ3) is 4.33. The molecule has 0 aromatic heterocycles. The Labute approximate surface area is 136 Å². The van der Waals surface area contributed by atoms with Crippen LogP contribution in [-0.2, 0) is 9.47 Å². The fourth-order valence-corrected chi connectivity index (χ4v) is 4.22. The van der Waals surface area contributed by atoms with Crippen LogP contribution >= 0.6 is 0 Å². The van der Waals surface area contributed by atoms with Crippen LogP contribution in [-0.4, -0.2) is 50.5 Å². The molecule has 22 heavy (non-hydrogen) atoms. The summed E-state index contributed by atoms with van der Waals surface area (Å²) in [4.78, 5) is 2.67. The van der Waals surface area contributed by atoms with Gasteiger partial charge in [-0.25, -0.2) is 0 Å². The normalized spacial score (nSPS) is 34.8. The van der Waals surface area contributed by atoms with Gasteiger partial charge in [-0.15, -0.1) is 0 Å². The van der Waals surface area contributed by atoms with E-state index in [0.717, 1.165) is 31.7 Å². The van der Waals surface area contributed by atoms with Gasteiger partial charge in [0, 0.05) is 32.2 Å². The van der Waals surface area contributed by atoms with Crippen molar-refractivity contribution in [1.29, 1.82) is 0 Å².